The predicted octanol–water partition coefficient (Wildman–Crippen LogP) is 4.95. The topological polar surface area (TPSA) is 56.1 Å². The molecule has 0 bridgehead atoms. The van der Waals surface area contributed by atoms with Crippen molar-refractivity contribution in [2.75, 3.05) is 5.32 Å². The highest BCUT2D eigenvalue weighted by atomic mass is 79.9. The maximum atomic E-state index is 12.5. The lowest BCUT2D eigenvalue weighted by molar-refractivity contribution is -0.111. The van der Waals surface area contributed by atoms with Crippen LogP contribution in [0.3, 0.4) is 0 Å². The van der Waals surface area contributed by atoms with E-state index in [1.807, 2.05) is 24.3 Å². The smallest absolute Gasteiger partial charge is 0.387 e. The molecule has 3 rings (SSSR count). The second kappa shape index (κ2) is 9.27. The number of nitrogens with zero attached hydrogens (tertiary/aromatic N) is 2. The zero-order chi connectivity index (χ0) is 19.9. The van der Waals surface area contributed by atoms with Crippen LogP contribution in [0.25, 0.3) is 6.08 Å². The Labute approximate surface area is 168 Å². The Morgan fingerprint density at radius 3 is 2.68 bits per heavy atom. The minimum Gasteiger partial charge on any atom is -0.434 e. The van der Waals surface area contributed by atoms with Gasteiger partial charge in [-0.05, 0) is 29.8 Å². The van der Waals surface area contributed by atoms with Gasteiger partial charge in [-0.25, -0.2) is 4.68 Å². The van der Waals surface area contributed by atoms with E-state index in [0.29, 0.717) is 17.9 Å². The average Bonchev–Trinajstić information content (AvgIpc) is 3.09. The highest BCUT2D eigenvalue weighted by molar-refractivity contribution is 9.10. The molecule has 0 radical (unpaired) electrons. The molecular formula is C20H16BrF2N3O2. The van der Waals surface area contributed by atoms with Crippen molar-refractivity contribution in [2.24, 2.45) is 0 Å². The second-order valence-corrected chi connectivity index (χ2v) is 6.66. The molecule has 1 aromatic heterocycles. The van der Waals surface area contributed by atoms with Crippen LogP contribution in [-0.2, 0) is 11.3 Å². The number of alkyl halides is 2. The van der Waals surface area contributed by atoms with Crippen LogP contribution in [0.4, 0.5) is 14.6 Å². The zero-order valence-corrected chi connectivity index (χ0v) is 16.1. The molecule has 1 amide bonds. The molecule has 1 heterocycles. The van der Waals surface area contributed by atoms with Crippen LogP contribution in [0.5, 0.6) is 5.75 Å². The van der Waals surface area contributed by atoms with E-state index in [9.17, 15) is 13.6 Å². The van der Waals surface area contributed by atoms with E-state index in [0.717, 1.165) is 10.0 Å². The van der Waals surface area contributed by atoms with E-state index >= 15 is 0 Å². The first-order valence-corrected chi connectivity index (χ1v) is 9.10. The molecule has 0 aliphatic heterocycles. The molecule has 0 atom stereocenters. The van der Waals surface area contributed by atoms with Crippen LogP contribution < -0.4 is 10.1 Å². The Kier molecular flexibility index (Phi) is 6.54. The first-order valence-electron chi connectivity index (χ1n) is 8.30. The van der Waals surface area contributed by atoms with E-state index in [1.165, 1.54) is 18.2 Å². The fraction of sp³-hybridized carbons (Fsp3) is 0.100. The number of hydrogen-bond acceptors (Lipinski definition) is 3. The lowest BCUT2D eigenvalue weighted by Gasteiger charge is -2.09. The summed E-state index contributed by atoms with van der Waals surface area (Å²) in [5.41, 5.74) is 1.40. The van der Waals surface area contributed by atoms with Crippen molar-refractivity contribution in [2.45, 2.75) is 13.2 Å². The van der Waals surface area contributed by atoms with Gasteiger partial charge in [-0.15, -0.1) is 0 Å². The molecule has 144 valence electrons. The van der Waals surface area contributed by atoms with Crippen LogP contribution in [0.1, 0.15) is 11.1 Å². The molecule has 0 saturated carbocycles. The zero-order valence-electron chi connectivity index (χ0n) is 14.6. The normalized spacial score (nSPS) is 11.1. The van der Waals surface area contributed by atoms with Gasteiger partial charge in [-0.3, -0.25) is 4.79 Å². The van der Waals surface area contributed by atoms with Crippen molar-refractivity contribution in [1.82, 2.24) is 9.78 Å². The van der Waals surface area contributed by atoms with Crippen molar-refractivity contribution >= 4 is 33.7 Å². The molecule has 0 spiro atoms. The summed E-state index contributed by atoms with van der Waals surface area (Å²) >= 11 is 3.39. The number of halogens is 3. The van der Waals surface area contributed by atoms with E-state index in [2.05, 4.69) is 31.1 Å². The molecule has 0 aliphatic carbocycles. The number of rotatable bonds is 7. The maximum absolute atomic E-state index is 12.5. The maximum Gasteiger partial charge on any atom is 0.387 e. The lowest BCUT2D eigenvalue weighted by atomic mass is 10.2. The Morgan fingerprint density at radius 2 is 1.93 bits per heavy atom. The highest BCUT2D eigenvalue weighted by Gasteiger charge is 2.09. The van der Waals surface area contributed by atoms with Gasteiger partial charge >= 0.3 is 6.61 Å². The third-order valence-electron chi connectivity index (χ3n) is 3.76. The van der Waals surface area contributed by atoms with Gasteiger partial charge < -0.3 is 10.1 Å². The largest absolute Gasteiger partial charge is 0.434 e. The van der Waals surface area contributed by atoms with Crippen molar-refractivity contribution in [1.29, 1.82) is 0 Å². The quantitative estimate of drug-likeness (QED) is 0.521. The Hall–Kier alpha value is -3.00. The van der Waals surface area contributed by atoms with E-state index in [1.54, 1.807) is 35.1 Å². The highest BCUT2D eigenvalue weighted by Crippen LogP contribution is 2.21. The standard InChI is InChI=1S/C20H16BrF2N3O2/c21-16-8-5-14(6-9-16)13-26-18(11-12-24-26)25-19(27)10-7-15-3-1-2-4-17(15)28-20(22)23/h1-12,20H,13H2,(H,25,27)/b10-7+. The summed E-state index contributed by atoms with van der Waals surface area (Å²) < 4.78 is 32.0. The van der Waals surface area contributed by atoms with Gasteiger partial charge in [-0.2, -0.15) is 13.9 Å². The van der Waals surface area contributed by atoms with E-state index in [-0.39, 0.29) is 5.75 Å². The summed E-state index contributed by atoms with van der Waals surface area (Å²) in [7, 11) is 0. The minimum atomic E-state index is -2.93. The van der Waals surface area contributed by atoms with Gasteiger partial charge in [-0.1, -0.05) is 46.3 Å². The van der Waals surface area contributed by atoms with Crippen molar-refractivity contribution in [3.05, 3.63) is 82.5 Å². The SMILES string of the molecule is O=C(/C=C/c1ccccc1OC(F)F)Nc1ccnn1Cc1ccc(Br)cc1. The number of carbonyl (C=O) groups excluding carboxylic acids is 1. The first-order chi connectivity index (χ1) is 13.5. The number of para-hydroxylation sites is 1. The third kappa shape index (κ3) is 5.50. The predicted molar refractivity (Wildman–Crippen MR) is 106 cm³/mol. The van der Waals surface area contributed by atoms with Crippen molar-refractivity contribution in [3.8, 4) is 5.75 Å². The number of carbonyl (C=O) groups is 1. The van der Waals surface area contributed by atoms with E-state index in [4.69, 9.17) is 0 Å². The summed E-state index contributed by atoms with van der Waals surface area (Å²) in [4.78, 5) is 12.2. The molecule has 28 heavy (non-hydrogen) atoms. The number of ether oxygens (including phenoxy) is 1. The van der Waals surface area contributed by atoms with Crippen LogP contribution in [0.2, 0.25) is 0 Å². The molecule has 3 aromatic rings. The fourth-order valence-corrected chi connectivity index (χ4v) is 2.75. The Morgan fingerprint density at radius 1 is 1.18 bits per heavy atom. The van der Waals surface area contributed by atoms with Gasteiger partial charge in [0, 0.05) is 22.2 Å². The molecule has 5 nitrogen and oxygen atoms in total. The monoisotopic (exact) mass is 447 g/mol. The van der Waals surface area contributed by atoms with Crippen LogP contribution >= 0.6 is 15.9 Å². The fourth-order valence-electron chi connectivity index (χ4n) is 2.48. The van der Waals surface area contributed by atoms with Crippen molar-refractivity contribution < 1.29 is 18.3 Å². The first kappa shape index (κ1) is 19.8. The Balaban J connectivity index is 1.67. The summed E-state index contributed by atoms with van der Waals surface area (Å²) in [5, 5.41) is 6.94. The summed E-state index contributed by atoms with van der Waals surface area (Å²) in [6.07, 6.45) is 4.26. The number of nitrogens with one attached hydrogen (secondary N) is 1. The summed E-state index contributed by atoms with van der Waals surface area (Å²) in [5.74, 6) is 0.112. The average molecular weight is 448 g/mol. The summed E-state index contributed by atoms with van der Waals surface area (Å²) in [6, 6.07) is 15.7. The van der Waals surface area contributed by atoms with Gasteiger partial charge in [0.15, 0.2) is 0 Å². The molecule has 0 fully saturated rings. The van der Waals surface area contributed by atoms with E-state index < -0.39 is 12.5 Å². The Bertz CT molecular complexity index is 972. The second-order valence-electron chi connectivity index (χ2n) is 5.74. The van der Waals surface area contributed by atoms with Gasteiger partial charge in [0.25, 0.3) is 0 Å². The minimum absolute atomic E-state index is 0.00169. The third-order valence-corrected chi connectivity index (χ3v) is 4.29. The van der Waals surface area contributed by atoms with Gasteiger partial charge in [0.2, 0.25) is 5.91 Å². The lowest BCUT2D eigenvalue weighted by Crippen LogP contribution is -2.13. The molecule has 1 N–H and O–H groups in total. The van der Waals surface area contributed by atoms with Crippen LogP contribution in [-0.4, -0.2) is 22.3 Å². The summed E-state index contributed by atoms with van der Waals surface area (Å²) in [6.45, 7) is -2.44. The number of aromatic nitrogens is 2. The van der Waals surface area contributed by atoms with Gasteiger partial charge in [0.05, 0.1) is 12.7 Å². The van der Waals surface area contributed by atoms with Crippen molar-refractivity contribution in [3.63, 3.8) is 0 Å². The molecule has 0 aliphatic rings. The number of hydrogen-bond donors (Lipinski definition) is 1. The van der Waals surface area contributed by atoms with Crippen LogP contribution in [0.15, 0.2) is 71.3 Å². The molecule has 0 unspecified atom stereocenters. The molecule has 8 heteroatoms. The van der Waals surface area contributed by atoms with Gasteiger partial charge in [0.1, 0.15) is 11.6 Å². The molecular weight excluding hydrogens is 432 g/mol. The number of amides is 1. The number of anilines is 1. The molecule has 0 saturated heterocycles. The number of benzene rings is 2. The van der Waals surface area contributed by atoms with Crippen LogP contribution in [0, 0.1) is 0 Å². The molecule has 2 aromatic carbocycles.